The van der Waals surface area contributed by atoms with Crippen molar-refractivity contribution >= 4 is 40.9 Å². The maximum absolute atomic E-state index is 13.1. The van der Waals surface area contributed by atoms with E-state index in [2.05, 4.69) is 10.6 Å². The first-order valence-electron chi connectivity index (χ1n) is 10.8. The summed E-state index contributed by atoms with van der Waals surface area (Å²) in [5.41, 5.74) is 10.8. The number of fused-ring (bicyclic) bond motifs is 1. The third-order valence-electron chi connectivity index (χ3n) is 5.31. The Bertz CT molecular complexity index is 1240. The number of hydrazine groups is 1. The molecule has 1 aromatic heterocycles. The van der Waals surface area contributed by atoms with E-state index in [1.807, 2.05) is 53.3 Å². The molecule has 182 valence electrons. The number of aryl methyl sites for hydroxylation is 1. The van der Waals surface area contributed by atoms with Crippen LogP contribution in [-0.2, 0) is 27.9 Å². The maximum atomic E-state index is 13.1. The molecule has 0 aliphatic rings. The molecule has 35 heavy (non-hydrogen) atoms. The van der Waals surface area contributed by atoms with Crippen molar-refractivity contribution < 1.29 is 24.0 Å². The molecule has 11 nitrogen and oxygen atoms in total. The van der Waals surface area contributed by atoms with E-state index in [0.29, 0.717) is 12.0 Å². The molecule has 0 spiro atoms. The van der Waals surface area contributed by atoms with Crippen molar-refractivity contribution in [3.63, 3.8) is 0 Å². The number of nitrogens with two attached hydrogens (primary N) is 1. The summed E-state index contributed by atoms with van der Waals surface area (Å²) in [6, 6.07) is 15.1. The van der Waals surface area contributed by atoms with E-state index in [4.69, 9.17) is 5.73 Å². The molecule has 2 aromatic carbocycles. The van der Waals surface area contributed by atoms with Crippen LogP contribution in [0.5, 0.6) is 0 Å². The normalized spacial score (nSPS) is 12.3. The average molecular weight is 479 g/mol. The van der Waals surface area contributed by atoms with Crippen LogP contribution in [-0.4, -0.2) is 46.7 Å². The van der Waals surface area contributed by atoms with Gasteiger partial charge in [-0.3, -0.25) is 19.8 Å². The van der Waals surface area contributed by atoms with Gasteiger partial charge in [-0.2, -0.15) is 0 Å². The van der Waals surface area contributed by atoms with Crippen LogP contribution in [0.15, 0.2) is 60.7 Å². The molecule has 2 atom stereocenters. The number of aromatic nitrogens is 1. The second-order valence-corrected chi connectivity index (χ2v) is 7.86. The minimum absolute atomic E-state index is 0.156. The summed E-state index contributed by atoms with van der Waals surface area (Å²) in [5.74, 6) is -1.85. The Morgan fingerprint density at radius 2 is 1.66 bits per heavy atom. The van der Waals surface area contributed by atoms with E-state index in [1.54, 1.807) is 29.8 Å². The Balaban J connectivity index is 1.76. The predicted molar refractivity (Wildman–Crippen MR) is 128 cm³/mol. The van der Waals surface area contributed by atoms with Gasteiger partial charge in [0.15, 0.2) is 0 Å². The number of hydrogen-bond donors (Lipinski definition) is 5. The average Bonchev–Trinajstić information content (AvgIpc) is 3.19. The minimum Gasteiger partial charge on any atom is -0.350 e. The first-order valence-corrected chi connectivity index (χ1v) is 10.8. The molecule has 11 heteroatoms. The number of carbonyl (C=O) groups is 5. The number of hydrogen-bond acceptors (Lipinski definition) is 5. The topological polar surface area (TPSA) is 164 Å². The molecule has 0 aliphatic carbocycles. The van der Waals surface area contributed by atoms with Crippen molar-refractivity contribution in [2.75, 3.05) is 0 Å². The van der Waals surface area contributed by atoms with E-state index in [9.17, 15) is 24.0 Å². The van der Waals surface area contributed by atoms with Crippen molar-refractivity contribution in [3.05, 3.63) is 71.9 Å². The zero-order chi connectivity index (χ0) is 25.4. The van der Waals surface area contributed by atoms with Crippen LogP contribution in [0.4, 0.5) is 4.79 Å². The summed E-state index contributed by atoms with van der Waals surface area (Å²) < 4.78 is 1.73. The van der Waals surface area contributed by atoms with Crippen LogP contribution < -0.4 is 27.2 Å². The number of primary amides is 1. The highest BCUT2D eigenvalue weighted by atomic mass is 16.2. The van der Waals surface area contributed by atoms with Gasteiger partial charge in [0.1, 0.15) is 18.0 Å². The fourth-order valence-electron chi connectivity index (χ4n) is 3.60. The standard InChI is InChI=1S/C24H26N6O5/c1-30-19-10-6-5-9-16(19)12-20(30)23(34)27-18(11-15-7-3-2-4-8-15)22(33)26-17(14-31)13-21(32)28-29-24(25)35/h2-10,12,14,17-18H,11,13H2,1H3,(H,26,33)(H,27,34)(H,28,32)(H3,25,29,35)/t17-,18-/m0/s1. The highest BCUT2D eigenvalue weighted by Gasteiger charge is 2.26. The predicted octanol–water partition coefficient (Wildman–Crippen LogP) is 0.293. The molecule has 1 heterocycles. The van der Waals surface area contributed by atoms with E-state index >= 15 is 0 Å². The van der Waals surface area contributed by atoms with Crippen molar-refractivity contribution in [3.8, 4) is 0 Å². The Morgan fingerprint density at radius 3 is 2.31 bits per heavy atom. The molecular formula is C24H26N6O5. The van der Waals surface area contributed by atoms with Gasteiger partial charge < -0.3 is 25.7 Å². The Hall–Kier alpha value is -4.67. The number of amides is 5. The lowest BCUT2D eigenvalue weighted by atomic mass is 10.0. The quantitative estimate of drug-likeness (QED) is 0.220. The molecule has 0 fully saturated rings. The van der Waals surface area contributed by atoms with E-state index in [-0.39, 0.29) is 6.42 Å². The molecule has 0 saturated carbocycles. The van der Waals surface area contributed by atoms with Gasteiger partial charge in [0.05, 0.1) is 12.5 Å². The SMILES string of the molecule is Cn1c(C(=O)N[C@@H](Cc2ccccc2)C(=O)N[C@H](C=O)CC(=O)NNC(N)=O)cc2ccccc21. The minimum atomic E-state index is -1.19. The van der Waals surface area contributed by atoms with Gasteiger partial charge in [-0.15, -0.1) is 0 Å². The molecule has 0 saturated heterocycles. The smallest absolute Gasteiger partial charge is 0.330 e. The molecule has 0 bridgehead atoms. The molecule has 3 rings (SSSR count). The number of carbonyl (C=O) groups excluding carboxylic acids is 5. The van der Waals surface area contributed by atoms with Gasteiger partial charge in [-0.1, -0.05) is 48.5 Å². The Kier molecular flexibility index (Phi) is 8.17. The molecule has 0 radical (unpaired) electrons. The van der Waals surface area contributed by atoms with E-state index in [1.165, 1.54) is 0 Å². The second kappa shape index (κ2) is 11.5. The fraction of sp³-hybridized carbons (Fsp3) is 0.208. The van der Waals surface area contributed by atoms with Crippen molar-refractivity contribution in [1.82, 2.24) is 26.1 Å². The molecule has 6 N–H and O–H groups in total. The highest BCUT2D eigenvalue weighted by Crippen LogP contribution is 2.18. The Labute approximate surface area is 201 Å². The van der Waals surface area contributed by atoms with Crippen LogP contribution in [0.2, 0.25) is 0 Å². The van der Waals surface area contributed by atoms with Crippen molar-refractivity contribution in [2.45, 2.75) is 24.9 Å². The summed E-state index contributed by atoms with van der Waals surface area (Å²) in [4.78, 5) is 60.3. The number of urea groups is 1. The van der Waals surface area contributed by atoms with Crippen LogP contribution in [0.1, 0.15) is 22.5 Å². The van der Waals surface area contributed by atoms with Gasteiger partial charge in [0.25, 0.3) is 5.91 Å². The van der Waals surface area contributed by atoms with Crippen molar-refractivity contribution in [1.29, 1.82) is 0 Å². The lowest BCUT2D eigenvalue weighted by Gasteiger charge is -2.21. The van der Waals surface area contributed by atoms with Crippen LogP contribution >= 0.6 is 0 Å². The largest absolute Gasteiger partial charge is 0.350 e. The number of para-hydroxylation sites is 1. The number of nitrogens with zero attached hydrogens (tertiary/aromatic N) is 1. The van der Waals surface area contributed by atoms with Crippen molar-refractivity contribution in [2.24, 2.45) is 12.8 Å². The maximum Gasteiger partial charge on any atom is 0.330 e. The zero-order valence-electron chi connectivity index (χ0n) is 19.0. The lowest BCUT2D eigenvalue weighted by Crippen LogP contribution is -2.53. The summed E-state index contributed by atoms with van der Waals surface area (Å²) in [6.07, 6.45) is 0.112. The molecular weight excluding hydrogens is 452 g/mol. The van der Waals surface area contributed by atoms with Crippen LogP contribution in [0.25, 0.3) is 10.9 Å². The third kappa shape index (κ3) is 6.67. The number of nitrogens with one attached hydrogen (secondary N) is 4. The van der Waals surface area contributed by atoms with Crippen LogP contribution in [0, 0.1) is 0 Å². The first kappa shape index (κ1) is 25.0. The second-order valence-electron chi connectivity index (χ2n) is 7.86. The monoisotopic (exact) mass is 478 g/mol. The first-order chi connectivity index (χ1) is 16.8. The van der Waals surface area contributed by atoms with E-state index < -0.39 is 42.3 Å². The molecule has 0 unspecified atom stereocenters. The number of benzene rings is 2. The summed E-state index contributed by atoms with van der Waals surface area (Å²) in [6.45, 7) is 0. The van der Waals surface area contributed by atoms with E-state index in [0.717, 1.165) is 16.5 Å². The Morgan fingerprint density at radius 1 is 0.971 bits per heavy atom. The zero-order valence-corrected chi connectivity index (χ0v) is 19.0. The fourth-order valence-corrected chi connectivity index (χ4v) is 3.60. The van der Waals surface area contributed by atoms with Gasteiger partial charge in [-0.05, 0) is 17.7 Å². The summed E-state index contributed by atoms with van der Waals surface area (Å²) in [7, 11) is 1.75. The van der Waals surface area contributed by atoms with Gasteiger partial charge >= 0.3 is 6.03 Å². The molecule has 0 aliphatic heterocycles. The summed E-state index contributed by atoms with van der Waals surface area (Å²) >= 11 is 0. The molecule has 3 aromatic rings. The van der Waals surface area contributed by atoms with Gasteiger partial charge in [-0.25, -0.2) is 10.2 Å². The van der Waals surface area contributed by atoms with Gasteiger partial charge in [0, 0.05) is 24.4 Å². The molecule has 5 amide bonds. The van der Waals surface area contributed by atoms with Gasteiger partial charge in [0.2, 0.25) is 11.8 Å². The highest BCUT2D eigenvalue weighted by molar-refractivity contribution is 6.01. The third-order valence-corrected chi connectivity index (χ3v) is 5.31. The lowest BCUT2D eigenvalue weighted by molar-refractivity contribution is -0.128. The van der Waals surface area contributed by atoms with Crippen LogP contribution in [0.3, 0.4) is 0 Å². The number of aldehydes is 1. The number of rotatable bonds is 9. The summed E-state index contributed by atoms with van der Waals surface area (Å²) in [5, 5.41) is 6.09.